The third-order valence-electron chi connectivity index (χ3n) is 1.77. The van der Waals surface area contributed by atoms with Crippen LogP contribution in [-0.4, -0.2) is 45.1 Å². The van der Waals surface area contributed by atoms with E-state index in [0.717, 1.165) is 0 Å². The number of nitrogens with zero attached hydrogens (tertiary/aromatic N) is 1. The summed E-state index contributed by atoms with van der Waals surface area (Å²) in [4.78, 5) is 24.4. The number of carbonyl (C=O) groups is 2. The third-order valence-corrected chi connectivity index (χ3v) is 1.77. The highest BCUT2D eigenvalue weighted by atomic mass is 16.4. The molecule has 0 aromatic heterocycles. The summed E-state index contributed by atoms with van der Waals surface area (Å²) in [5, 5.41) is 26.2. The van der Waals surface area contributed by atoms with Gasteiger partial charge in [-0.1, -0.05) is 0 Å². The Morgan fingerprint density at radius 3 is 2.46 bits per heavy atom. The molecule has 0 unspecified atom stereocenters. The molecule has 1 rings (SSSR count). The molecule has 0 aromatic rings. The molecule has 0 bridgehead atoms. The second-order valence-corrected chi connectivity index (χ2v) is 2.83. The van der Waals surface area contributed by atoms with Crippen molar-refractivity contribution in [2.24, 2.45) is 4.99 Å². The van der Waals surface area contributed by atoms with E-state index in [1.165, 1.54) is 0 Å². The van der Waals surface area contributed by atoms with Gasteiger partial charge in [0, 0.05) is 12.8 Å². The monoisotopic (exact) mass is 187 g/mol. The first-order valence-corrected chi connectivity index (χ1v) is 3.71. The van der Waals surface area contributed by atoms with Gasteiger partial charge in [0.15, 0.2) is 0 Å². The SMILES string of the molecule is O=C(O)C1=N[C@H](C(=O)O)C[C@H](O)C1. The summed E-state index contributed by atoms with van der Waals surface area (Å²) in [5.41, 5.74) is -0.272. The van der Waals surface area contributed by atoms with Gasteiger partial charge in [0.05, 0.1) is 6.10 Å². The van der Waals surface area contributed by atoms with Crippen molar-refractivity contribution in [2.75, 3.05) is 0 Å². The van der Waals surface area contributed by atoms with Crippen LogP contribution in [0.1, 0.15) is 12.8 Å². The van der Waals surface area contributed by atoms with E-state index in [4.69, 9.17) is 15.3 Å². The predicted octanol–water partition coefficient (Wildman–Crippen LogP) is -0.880. The standard InChI is InChI=1S/C7H9NO5/c9-3-1-4(6(10)11)8-5(2-3)7(12)13/h3-4,9H,1-2H2,(H,10,11)(H,12,13)/t3-,4-/m0/s1. The number of hydrogen-bond acceptors (Lipinski definition) is 4. The van der Waals surface area contributed by atoms with Crippen LogP contribution in [0.25, 0.3) is 0 Å². The molecule has 0 radical (unpaired) electrons. The van der Waals surface area contributed by atoms with Gasteiger partial charge < -0.3 is 15.3 Å². The molecule has 3 N–H and O–H groups in total. The van der Waals surface area contributed by atoms with Gasteiger partial charge in [0.2, 0.25) is 0 Å². The first-order chi connectivity index (χ1) is 6.00. The van der Waals surface area contributed by atoms with Crippen LogP contribution in [0, 0.1) is 0 Å². The Morgan fingerprint density at radius 1 is 1.38 bits per heavy atom. The summed E-state index contributed by atoms with van der Waals surface area (Å²) >= 11 is 0. The number of aliphatic hydroxyl groups excluding tert-OH is 1. The van der Waals surface area contributed by atoms with E-state index < -0.39 is 24.1 Å². The summed E-state index contributed by atoms with van der Waals surface area (Å²) in [6.45, 7) is 0. The second-order valence-electron chi connectivity index (χ2n) is 2.83. The van der Waals surface area contributed by atoms with Crippen molar-refractivity contribution in [3.63, 3.8) is 0 Å². The van der Waals surface area contributed by atoms with Crippen LogP contribution in [0.5, 0.6) is 0 Å². The molecule has 1 aliphatic rings. The van der Waals surface area contributed by atoms with Crippen molar-refractivity contribution in [2.45, 2.75) is 25.0 Å². The molecule has 13 heavy (non-hydrogen) atoms. The van der Waals surface area contributed by atoms with Gasteiger partial charge in [-0.2, -0.15) is 0 Å². The number of aliphatic carboxylic acids is 2. The number of carboxylic acids is 2. The van der Waals surface area contributed by atoms with Gasteiger partial charge in [-0.15, -0.1) is 0 Å². The van der Waals surface area contributed by atoms with Gasteiger partial charge >= 0.3 is 11.9 Å². The van der Waals surface area contributed by atoms with E-state index in [2.05, 4.69) is 4.99 Å². The molecular weight excluding hydrogens is 178 g/mol. The van der Waals surface area contributed by atoms with Gasteiger partial charge in [-0.05, 0) is 0 Å². The molecule has 0 aliphatic carbocycles. The number of hydrogen-bond donors (Lipinski definition) is 3. The molecular formula is C7H9NO5. The molecule has 0 saturated carbocycles. The summed E-state index contributed by atoms with van der Waals surface area (Å²) in [6.07, 6.45) is -1.03. The topological polar surface area (TPSA) is 107 Å². The van der Waals surface area contributed by atoms with Crippen LogP contribution < -0.4 is 0 Å². The lowest BCUT2D eigenvalue weighted by molar-refractivity contribution is -0.139. The number of aliphatic imine (C=N–C) groups is 1. The summed E-state index contributed by atoms with van der Waals surface area (Å²) in [6, 6.07) is -1.13. The van der Waals surface area contributed by atoms with Crippen molar-refractivity contribution in [3.8, 4) is 0 Å². The van der Waals surface area contributed by atoms with Gasteiger partial charge in [-0.25, -0.2) is 9.59 Å². The molecule has 0 amide bonds. The Morgan fingerprint density at radius 2 is 2.00 bits per heavy atom. The average molecular weight is 187 g/mol. The van der Waals surface area contributed by atoms with Gasteiger partial charge in [-0.3, -0.25) is 4.99 Å². The van der Waals surface area contributed by atoms with Crippen LogP contribution in [0.3, 0.4) is 0 Å². The third kappa shape index (κ3) is 2.25. The molecule has 6 heteroatoms. The minimum atomic E-state index is -1.27. The van der Waals surface area contributed by atoms with Crippen LogP contribution in [0.2, 0.25) is 0 Å². The zero-order valence-corrected chi connectivity index (χ0v) is 6.67. The molecule has 72 valence electrons. The lowest BCUT2D eigenvalue weighted by atomic mass is 10.00. The molecule has 6 nitrogen and oxygen atoms in total. The first kappa shape index (κ1) is 9.66. The van der Waals surface area contributed by atoms with Gasteiger partial charge in [0.25, 0.3) is 0 Å². The van der Waals surface area contributed by atoms with Gasteiger partial charge in [0.1, 0.15) is 11.8 Å². The fourth-order valence-corrected chi connectivity index (χ4v) is 1.16. The van der Waals surface area contributed by atoms with E-state index in [9.17, 15) is 9.59 Å². The number of rotatable bonds is 2. The smallest absolute Gasteiger partial charge is 0.349 e. The fraction of sp³-hybridized carbons (Fsp3) is 0.571. The Kier molecular flexibility index (Phi) is 2.62. The summed E-state index contributed by atoms with van der Waals surface area (Å²) in [5.74, 6) is -2.48. The molecule has 0 aromatic carbocycles. The van der Waals surface area contributed by atoms with Crippen molar-refractivity contribution in [1.82, 2.24) is 0 Å². The maximum absolute atomic E-state index is 10.5. The fourth-order valence-electron chi connectivity index (χ4n) is 1.16. The maximum atomic E-state index is 10.5. The summed E-state index contributed by atoms with van der Waals surface area (Å²) < 4.78 is 0. The van der Waals surface area contributed by atoms with Crippen molar-refractivity contribution in [3.05, 3.63) is 0 Å². The minimum Gasteiger partial charge on any atom is -0.480 e. The van der Waals surface area contributed by atoms with E-state index in [1.807, 2.05) is 0 Å². The highest BCUT2D eigenvalue weighted by Gasteiger charge is 2.29. The van der Waals surface area contributed by atoms with Crippen molar-refractivity contribution < 1.29 is 24.9 Å². The molecule has 1 heterocycles. The molecule has 0 fully saturated rings. The van der Waals surface area contributed by atoms with Crippen molar-refractivity contribution >= 4 is 17.7 Å². The van der Waals surface area contributed by atoms with E-state index in [-0.39, 0.29) is 18.6 Å². The normalized spacial score (nSPS) is 27.9. The quantitative estimate of drug-likeness (QED) is 0.520. The molecule has 1 aliphatic heterocycles. The highest BCUT2D eigenvalue weighted by molar-refractivity contribution is 6.36. The van der Waals surface area contributed by atoms with E-state index in [1.54, 1.807) is 0 Å². The molecule has 0 saturated heterocycles. The zero-order chi connectivity index (χ0) is 10.0. The van der Waals surface area contributed by atoms with Crippen LogP contribution >= 0.6 is 0 Å². The Bertz CT molecular complexity index is 272. The second kappa shape index (κ2) is 3.53. The highest BCUT2D eigenvalue weighted by Crippen LogP contribution is 2.14. The van der Waals surface area contributed by atoms with E-state index in [0.29, 0.717) is 0 Å². The van der Waals surface area contributed by atoms with Crippen LogP contribution in [0.4, 0.5) is 0 Å². The maximum Gasteiger partial charge on any atom is 0.349 e. The lowest BCUT2D eigenvalue weighted by Gasteiger charge is -2.19. The Labute approximate surface area is 73.5 Å². The Hall–Kier alpha value is -1.43. The van der Waals surface area contributed by atoms with Crippen LogP contribution in [0.15, 0.2) is 4.99 Å². The minimum absolute atomic E-state index is 0.0217. The Balaban J connectivity index is 2.85. The first-order valence-electron chi connectivity index (χ1n) is 3.71. The van der Waals surface area contributed by atoms with Crippen LogP contribution in [-0.2, 0) is 9.59 Å². The largest absolute Gasteiger partial charge is 0.480 e. The zero-order valence-electron chi connectivity index (χ0n) is 6.67. The predicted molar refractivity (Wildman–Crippen MR) is 41.7 cm³/mol. The lowest BCUT2D eigenvalue weighted by Crippen LogP contribution is -2.34. The number of aliphatic hydroxyl groups is 1. The molecule has 2 atom stereocenters. The number of carboxylic acid groups (broad SMARTS) is 2. The average Bonchev–Trinajstić information content (AvgIpc) is 2.03. The van der Waals surface area contributed by atoms with Crippen molar-refractivity contribution in [1.29, 1.82) is 0 Å². The summed E-state index contributed by atoms with van der Waals surface area (Å²) in [7, 11) is 0. The van der Waals surface area contributed by atoms with E-state index >= 15 is 0 Å². The molecule has 0 spiro atoms.